The quantitative estimate of drug-likeness (QED) is 0.704. The lowest BCUT2D eigenvalue weighted by molar-refractivity contribution is -0.120. The highest BCUT2D eigenvalue weighted by atomic mass is 16.1. The lowest BCUT2D eigenvalue weighted by Gasteiger charge is -2.20. The average Bonchev–Trinajstić information content (AvgIpc) is 3.32. The molecule has 0 bridgehead atoms. The van der Waals surface area contributed by atoms with Crippen molar-refractivity contribution in [3.05, 3.63) is 42.5 Å². The van der Waals surface area contributed by atoms with E-state index in [0.29, 0.717) is 12.4 Å². The lowest BCUT2D eigenvalue weighted by atomic mass is 10.1. The Morgan fingerprint density at radius 2 is 2.15 bits per heavy atom. The maximum absolute atomic E-state index is 11.7. The molecule has 3 aromatic heterocycles. The summed E-state index contributed by atoms with van der Waals surface area (Å²) in [5.41, 5.74) is 2.01. The largest absolute Gasteiger partial charge is 0.359 e. The van der Waals surface area contributed by atoms with E-state index in [1.54, 1.807) is 19.6 Å². The number of likely N-dealkylation sites (N-methyl/N-ethyl adjacent to an activating group) is 1. The predicted octanol–water partition coefficient (Wildman–Crippen LogP) is 1.76. The highest BCUT2D eigenvalue weighted by molar-refractivity contribution is 5.77. The average molecular weight is 355 g/mol. The summed E-state index contributed by atoms with van der Waals surface area (Å²) < 4.78 is 4.01. The number of aryl methyl sites for hydroxylation is 2. The summed E-state index contributed by atoms with van der Waals surface area (Å²) in [6.07, 6.45) is 8.51. The number of hydrogen-bond donors (Lipinski definition) is 2. The van der Waals surface area contributed by atoms with E-state index < -0.39 is 0 Å². The van der Waals surface area contributed by atoms with Crippen molar-refractivity contribution in [3.63, 3.8) is 0 Å². The van der Waals surface area contributed by atoms with Crippen LogP contribution in [-0.4, -0.2) is 42.3 Å². The summed E-state index contributed by atoms with van der Waals surface area (Å²) in [5, 5.41) is 7.16. The zero-order valence-electron chi connectivity index (χ0n) is 15.7. The molecule has 1 amide bonds. The zero-order chi connectivity index (χ0) is 18.7. The molecular weight excluding hydrogens is 330 g/mol. The maximum Gasteiger partial charge on any atom is 0.227 e. The van der Waals surface area contributed by atoms with E-state index >= 15 is 0 Å². The second-order valence-corrected chi connectivity index (χ2v) is 7.23. The van der Waals surface area contributed by atoms with Crippen LogP contribution in [0.1, 0.15) is 32.3 Å². The Labute approximate surface area is 152 Å². The molecule has 0 saturated carbocycles. The van der Waals surface area contributed by atoms with Gasteiger partial charge in [-0.25, -0.2) is 14.6 Å². The second-order valence-electron chi connectivity index (χ2n) is 7.23. The highest BCUT2D eigenvalue weighted by Crippen LogP contribution is 2.23. The van der Waals surface area contributed by atoms with Gasteiger partial charge < -0.3 is 14.9 Å². The molecule has 0 aromatic carbocycles. The van der Waals surface area contributed by atoms with Crippen LogP contribution < -0.4 is 5.32 Å². The first-order valence-corrected chi connectivity index (χ1v) is 8.67. The zero-order valence-corrected chi connectivity index (χ0v) is 15.7. The fourth-order valence-corrected chi connectivity index (χ4v) is 2.66. The van der Waals surface area contributed by atoms with E-state index in [-0.39, 0.29) is 17.9 Å². The first kappa shape index (κ1) is 17.9. The van der Waals surface area contributed by atoms with Gasteiger partial charge in [0.25, 0.3) is 0 Å². The van der Waals surface area contributed by atoms with Crippen molar-refractivity contribution in [2.24, 2.45) is 0 Å². The first-order valence-electron chi connectivity index (χ1n) is 8.67. The van der Waals surface area contributed by atoms with Gasteiger partial charge in [-0.15, -0.1) is 0 Å². The van der Waals surface area contributed by atoms with Crippen LogP contribution in [0.4, 0.5) is 0 Å². The molecule has 3 heterocycles. The van der Waals surface area contributed by atoms with Gasteiger partial charge in [-0.3, -0.25) is 4.79 Å². The molecule has 0 aliphatic carbocycles. The first-order chi connectivity index (χ1) is 12.4. The third-order valence-corrected chi connectivity index (χ3v) is 4.19. The van der Waals surface area contributed by atoms with Crippen LogP contribution in [-0.2, 0) is 29.7 Å². The molecule has 0 radical (unpaired) electrons. The number of H-pyrrole nitrogens is 1. The summed E-state index contributed by atoms with van der Waals surface area (Å²) in [5.74, 6) is 1.19. The van der Waals surface area contributed by atoms with Gasteiger partial charge in [-0.1, -0.05) is 0 Å². The van der Waals surface area contributed by atoms with Gasteiger partial charge in [0.1, 0.15) is 0 Å². The summed E-state index contributed by atoms with van der Waals surface area (Å²) >= 11 is 0. The predicted molar refractivity (Wildman–Crippen MR) is 98.5 cm³/mol. The van der Waals surface area contributed by atoms with Gasteiger partial charge in [-0.05, 0) is 26.8 Å². The molecule has 0 spiro atoms. The summed E-state index contributed by atoms with van der Waals surface area (Å²) in [6, 6.07) is 2.03. The Morgan fingerprint density at radius 3 is 2.77 bits per heavy atom. The fraction of sp³-hybridized carbons (Fsp3) is 0.444. The molecule has 3 aromatic rings. The summed E-state index contributed by atoms with van der Waals surface area (Å²) in [7, 11) is 1.61. The normalized spacial score (nSPS) is 11.7. The Bertz CT molecular complexity index is 868. The molecular formula is C18H25N7O. The van der Waals surface area contributed by atoms with E-state index in [0.717, 1.165) is 23.5 Å². The van der Waals surface area contributed by atoms with Gasteiger partial charge in [0.15, 0.2) is 11.6 Å². The molecule has 0 saturated heterocycles. The lowest BCUT2D eigenvalue weighted by Crippen LogP contribution is -2.20. The minimum Gasteiger partial charge on any atom is -0.359 e. The topological polar surface area (TPSA) is 93.4 Å². The van der Waals surface area contributed by atoms with Crippen molar-refractivity contribution in [1.82, 2.24) is 34.6 Å². The molecule has 138 valence electrons. The number of aromatic nitrogens is 6. The molecule has 0 unspecified atom stereocenters. The Balaban J connectivity index is 1.90. The van der Waals surface area contributed by atoms with E-state index in [1.807, 2.05) is 16.9 Å². The molecule has 8 nitrogen and oxygen atoms in total. The fourth-order valence-electron chi connectivity index (χ4n) is 2.66. The molecule has 3 rings (SSSR count). The van der Waals surface area contributed by atoms with Gasteiger partial charge in [-0.2, -0.15) is 5.10 Å². The van der Waals surface area contributed by atoms with Crippen molar-refractivity contribution in [2.75, 3.05) is 7.05 Å². The monoisotopic (exact) mass is 355 g/mol. The molecule has 26 heavy (non-hydrogen) atoms. The second kappa shape index (κ2) is 7.15. The van der Waals surface area contributed by atoms with Crippen LogP contribution >= 0.6 is 0 Å². The van der Waals surface area contributed by atoms with Crippen LogP contribution in [0.2, 0.25) is 0 Å². The number of amides is 1. The number of hydrogen-bond acceptors (Lipinski definition) is 4. The SMILES string of the molecule is CNC(=O)Cc1nc(-c2ccn(C(C)(C)C)c2)n(CCc2cnc[nH]2)n1. The van der Waals surface area contributed by atoms with Crippen molar-refractivity contribution in [1.29, 1.82) is 0 Å². The van der Waals surface area contributed by atoms with Gasteiger partial charge in [0.2, 0.25) is 5.91 Å². The number of nitrogens with zero attached hydrogens (tertiary/aromatic N) is 5. The molecule has 0 atom stereocenters. The van der Waals surface area contributed by atoms with Crippen LogP contribution in [0.25, 0.3) is 11.4 Å². The van der Waals surface area contributed by atoms with Gasteiger partial charge >= 0.3 is 0 Å². The third kappa shape index (κ3) is 4.01. The van der Waals surface area contributed by atoms with Crippen molar-refractivity contribution in [2.45, 2.75) is 45.7 Å². The van der Waals surface area contributed by atoms with Crippen LogP contribution in [0.5, 0.6) is 0 Å². The van der Waals surface area contributed by atoms with Gasteiger partial charge in [0.05, 0.1) is 12.7 Å². The molecule has 0 aliphatic heterocycles. The van der Waals surface area contributed by atoms with Crippen molar-refractivity contribution in [3.8, 4) is 11.4 Å². The number of aromatic amines is 1. The minimum atomic E-state index is -0.102. The number of carbonyl (C=O) groups excluding carboxylic acids is 1. The Morgan fingerprint density at radius 1 is 1.35 bits per heavy atom. The molecule has 0 fully saturated rings. The molecule has 0 aliphatic rings. The van der Waals surface area contributed by atoms with Gasteiger partial charge in [0, 0.05) is 55.4 Å². The highest BCUT2D eigenvalue weighted by Gasteiger charge is 2.18. The van der Waals surface area contributed by atoms with E-state index in [4.69, 9.17) is 0 Å². The smallest absolute Gasteiger partial charge is 0.227 e. The van der Waals surface area contributed by atoms with E-state index in [9.17, 15) is 4.79 Å². The van der Waals surface area contributed by atoms with Crippen molar-refractivity contribution < 1.29 is 4.79 Å². The van der Waals surface area contributed by atoms with Crippen LogP contribution in [0.3, 0.4) is 0 Å². The third-order valence-electron chi connectivity index (χ3n) is 4.19. The Hall–Kier alpha value is -2.90. The maximum atomic E-state index is 11.7. The summed E-state index contributed by atoms with van der Waals surface area (Å²) in [6.45, 7) is 7.10. The molecule has 2 N–H and O–H groups in total. The number of imidazole rings is 1. The minimum absolute atomic E-state index is 0.00997. The van der Waals surface area contributed by atoms with Crippen LogP contribution in [0.15, 0.2) is 31.0 Å². The Kier molecular flexibility index (Phi) is 4.92. The number of nitrogens with one attached hydrogen (secondary N) is 2. The van der Waals surface area contributed by atoms with E-state index in [2.05, 4.69) is 56.9 Å². The molecule has 8 heteroatoms. The van der Waals surface area contributed by atoms with Crippen molar-refractivity contribution >= 4 is 5.91 Å². The van der Waals surface area contributed by atoms with E-state index in [1.165, 1.54) is 0 Å². The van der Waals surface area contributed by atoms with Crippen LogP contribution in [0, 0.1) is 0 Å². The number of carbonyl (C=O) groups is 1. The standard InChI is InChI=1S/C18H25N7O/c1-18(2,3)24-7-5-13(11-24)17-22-15(9-16(26)19-4)23-25(17)8-6-14-10-20-12-21-14/h5,7,10-12H,6,8-9H2,1-4H3,(H,19,26)(H,20,21). The summed E-state index contributed by atoms with van der Waals surface area (Å²) in [4.78, 5) is 23.5. The number of rotatable bonds is 6.